The molecule has 0 atom stereocenters. The van der Waals surface area contributed by atoms with E-state index in [0.29, 0.717) is 18.0 Å². The molecular weight excluding hydrogens is 264 g/mol. The van der Waals surface area contributed by atoms with Crippen molar-refractivity contribution in [2.75, 3.05) is 5.32 Å². The molecule has 2 heterocycles. The van der Waals surface area contributed by atoms with E-state index < -0.39 is 6.43 Å². The van der Waals surface area contributed by atoms with Gasteiger partial charge in [0.1, 0.15) is 11.8 Å². The Kier molecular flexibility index (Phi) is 3.24. The molecule has 0 radical (unpaired) electrons. The molecule has 0 aliphatic rings. The lowest BCUT2D eigenvalue weighted by Crippen LogP contribution is -2.02. The number of halogens is 2. The van der Waals surface area contributed by atoms with Crippen LogP contribution in [0.4, 0.5) is 14.6 Å². The smallest absolute Gasteiger partial charge is 0.263 e. The molecule has 0 saturated carbocycles. The van der Waals surface area contributed by atoms with Crippen LogP contribution in [0.5, 0.6) is 0 Å². The largest absolute Gasteiger partial charge is 0.364 e. The summed E-state index contributed by atoms with van der Waals surface area (Å²) < 4.78 is 24.9. The van der Waals surface area contributed by atoms with Crippen molar-refractivity contribution in [3.63, 3.8) is 0 Å². The molecule has 0 fully saturated rings. The molecule has 2 aromatic heterocycles. The van der Waals surface area contributed by atoms with E-state index in [2.05, 4.69) is 25.3 Å². The van der Waals surface area contributed by atoms with Crippen molar-refractivity contribution >= 4 is 17.0 Å². The van der Waals surface area contributed by atoms with E-state index >= 15 is 0 Å². The number of imidazole rings is 1. The third-order valence-corrected chi connectivity index (χ3v) is 2.91. The molecule has 0 unspecified atom stereocenters. The van der Waals surface area contributed by atoms with Crippen molar-refractivity contribution in [2.24, 2.45) is 0 Å². The van der Waals surface area contributed by atoms with Crippen LogP contribution in [0.1, 0.15) is 17.6 Å². The molecular formula is C13H11F2N5. The average molecular weight is 275 g/mol. The van der Waals surface area contributed by atoms with Gasteiger partial charge in [0.2, 0.25) is 0 Å². The van der Waals surface area contributed by atoms with E-state index in [1.807, 2.05) is 0 Å². The van der Waals surface area contributed by atoms with Gasteiger partial charge in [-0.15, -0.1) is 0 Å². The van der Waals surface area contributed by atoms with Gasteiger partial charge < -0.3 is 10.3 Å². The van der Waals surface area contributed by atoms with Crippen LogP contribution in [0.2, 0.25) is 0 Å². The molecule has 0 spiro atoms. The van der Waals surface area contributed by atoms with Crippen molar-refractivity contribution in [1.82, 2.24) is 19.9 Å². The number of nitrogens with zero attached hydrogens (tertiary/aromatic N) is 3. The number of fused-ring (bicyclic) bond motifs is 1. The van der Waals surface area contributed by atoms with E-state index in [1.54, 1.807) is 18.5 Å². The highest BCUT2D eigenvalue weighted by Crippen LogP contribution is 2.19. The van der Waals surface area contributed by atoms with Crippen molar-refractivity contribution in [1.29, 1.82) is 0 Å². The number of hydrogen-bond donors (Lipinski definition) is 2. The maximum atomic E-state index is 12.4. The molecule has 3 rings (SSSR count). The number of nitrogens with one attached hydrogen (secondary N) is 2. The van der Waals surface area contributed by atoms with Crippen molar-refractivity contribution < 1.29 is 8.78 Å². The fraction of sp³-hybridized carbons (Fsp3) is 0.154. The number of benzene rings is 1. The molecule has 0 aliphatic heterocycles. The van der Waals surface area contributed by atoms with Crippen molar-refractivity contribution in [3.8, 4) is 0 Å². The Morgan fingerprint density at radius 3 is 2.65 bits per heavy atom. The quantitative estimate of drug-likeness (QED) is 0.768. The van der Waals surface area contributed by atoms with E-state index in [4.69, 9.17) is 0 Å². The first-order valence-corrected chi connectivity index (χ1v) is 5.99. The lowest BCUT2D eigenvalue weighted by molar-refractivity contribution is 0.151. The number of aromatic amines is 1. The lowest BCUT2D eigenvalue weighted by Gasteiger charge is -2.07. The standard InChI is InChI=1S/C13H11F2N5/c14-11(15)9-3-1-8(2-4-9)5-16-12-10-13(18-6-17-10)20-7-19-12/h1-4,6-7,11H,5H2,(H2,16,17,18,19,20). The normalized spacial score (nSPS) is 11.2. The number of hydrogen-bond acceptors (Lipinski definition) is 4. The zero-order chi connectivity index (χ0) is 13.9. The van der Waals surface area contributed by atoms with Crippen molar-refractivity contribution in [3.05, 3.63) is 48.0 Å². The summed E-state index contributed by atoms with van der Waals surface area (Å²) in [7, 11) is 0. The predicted molar refractivity (Wildman–Crippen MR) is 70.4 cm³/mol. The van der Waals surface area contributed by atoms with Crippen molar-refractivity contribution in [2.45, 2.75) is 13.0 Å². The zero-order valence-corrected chi connectivity index (χ0v) is 10.3. The van der Waals surface area contributed by atoms with Gasteiger partial charge in [-0.05, 0) is 5.56 Å². The van der Waals surface area contributed by atoms with Gasteiger partial charge in [0.25, 0.3) is 6.43 Å². The first-order chi connectivity index (χ1) is 9.74. The monoisotopic (exact) mass is 275 g/mol. The SMILES string of the molecule is FC(F)c1ccc(CNc2ncnc3nc[nH]c23)cc1. The number of rotatable bonds is 4. The maximum absolute atomic E-state index is 12.4. The Hall–Kier alpha value is -2.57. The summed E-state index contributed by atoms with van der Waals surface area (Å²) in [4.78, 5) is 15.1. The molecule has 0 bridgehead atoms. The minimum Gasteiger partial charge on any atom is -0.364 e. The molecule has 1 aromatic carbocycles. The third kappa shape index (κ3) is 2.42. The first-order valence-electron chi connectivity index (χ1n) is 5.99. The summed E-state index contributed by atoms with van der Waals surface area (Å²) >= 11 is 0. The van der Waals surface area contributed by atoms with E-state index in [-0.39, 0.29) is 5.56 Å². The third-order valence-electron chi connectivity index (χ3n) is 2.91. The summed E-state index contributed by atoms with van der Waals surface area (Å²) in [5.41, 5.74) is 2.21. The Morgan fingerprint density at radius 2 is 1.90 bits per heavy atom. The molecule has 5 nitrogen and oxygen atoms in total. The molecule has 0 saturated heterocycles. The van der Waals surface area contributed by atoms with Gasteiger partial charge in [0, 0.05) is 12.1 Å². The number of anilines is 1. The van der Waals surface area contributed by atoms with Crippen LogP contribution in [0.3, 0.4) is 0 Å². The molecule has 3 aromatic rings. The van der Waals surface area contributed by atoms with Crippen LogP contribution in [-0.2, 0) is 6.54 Å². The second-order valence-electron chi connectivity index (χ2n) is 4.22. The molecule has 20 heavy (non-hydrogen) atoms. The van der Waals surface area contributed by atoms with Gasteiger partial charge in [0.15, 0.2) is 11.5 Å². The zero-order valence-electron chi connectivity index (χ0n) is 10.3. The molecule has 0 aliphatic carbocycles. The number of alkyl halides is 2. The number of aromatic nitrogens is 4. The van der Waals surface area contributed by atoms with Crippen LogP contribution in [-0.4, -0.2) is 19.9 Å². The maximum Gasteiger partial charge on any atom is 0.263 e. The topological polar surface area (TPSA) is 66.5 Å². The molecule has 0 amide bonds. The molecule has 2 N–H and O–H groups in total. The molecule has 102 valence electrons. The summed E-state index contributed by atoms with van der Waals surface area (Å²) in [6, 6.07) is 6.18. The second kappa shape index (κ2) is 5.20. The summed E-state index contributed by atoms with van der Waals surface area (Å²) in [5, 5.41) is 3.13. The predicted octanol–water partition coefficient (Wildman–Crippen LogP) is 2.90. The van der Waals surface area contributed by atoms with Gasteiger partial charge in [-0.3, -0.25) is 0 Å². The minimum absolute atomic E-state index is 0.0201. The summed E-state index contributed by atoms with van der Waals surface area (Å²) in [5.74, 6) is 0.630. The Bertz CT molecular complexity index is 708. The van der Waals surface area contributed by atoms with Crippen LogP contribution >= 0.6 is 0 Å². The Balaban J connectivity index is 1.74. The van der Waals surface area contributed by atoms with E-state index in [9.17, 15) is 8.78 Å². The fourth-order valence-corrected chi connectivity index (χ4v) is 1.87. The fourth-order valence-electron chi connectivity index (χ4n) is 1.87. The minimum atomic E-state index is -2.44. The van der Waals surface area contributed by atoms with Crippen LogP contribution in [0.15, 0.2) is 36.9 Å². The van der Waals surface area contributed by atoms with E-state index in [0.717, 1.165) is 11.1 Å². The Morgan fingerprint density at radius 1 is 1.10 bits per heavy atom. The highest BCUT2D eigenvalue weighted by Gasteiger charge is 2.07. The lowest BCUT2D eigenvalue weighted by atomic mass is 10.1. The number of H-pyrrole nitrogens is 1. The Labute approximate surface area is 113 Å². The highest BCUT2D eigenvalue weighted by molar-refractivity contribution is 5.81. The summed E-state index contributed by atoms with van der Waals surface area (Å²) in [6.07, 6.45) is 0.524. The van der Waals surface area contributed by atoms with Gasteiger partial charge in [-0.1, -0.05) is 24.3 Å². The first kappa shape index (κ1) is 12.5. The average Bonchev–Trinajstić information content (AvgIpc) is 2.94. The van der Waals surface area contributed by atoms with Crippen LogP contribution in [0, 0.1) is 0 Å². The highest BCUT2D eigenvalue weighted by atomic mass is 19.3. The summed E-state index contributed by atoms with van der Waals surface area (Å²) in [6.45, 7) is 0.481. The molecule has 7 heteroatoms. The van der Waals surface area contributed by atoms with Crippen LogP contribution < -0.4 is 5.32 Å². The van der Waals surface area contributed by atoms with E-state index in [1.165, 1.54) is 18.5 Å². The van der Waals surface area contributed by atoms with Gasteiger partial charge in [-0.2, -0.15) is 0 Å². The van der Waals surface area contributed by atoms with Gasteiger partial charge in [-0.25, -0.2) is 23.7 Å². The van der Waals surface area contributed by atoms with Crippen LogP contribution in [0.25, 0.3) is 11.2 Å². The van der Waals surface area contributed by atoms with Gasteiger partial charge >= 0.3 is 0 Å². The van der Waals surface area contributed by atoms with Gasteiger partial charge in [0.05, 0.1) is 6.33 Å². The second-order valence-corrected chi connectivity index (χ2v) is 4.22.